The summed E-state index contributed by atoms with van der Waals surface area (Å²) in [7, 11) is 2.02. The Morgan fingerprint density at radius 1 is 1.29 bits per heavy atom. The van der Waals surface area contributed by atoms with Gasteiger partial charge in [-0.2, -0.15) is 0 Å². The third-order valence-electron chi connectivity index (χ3n) is 2.75. The summed E-state index contributed by atoms with van der Waals surface area (Å²) in [6, 6.07) is 0. The molecule has 0 aliphatic rings. The van der Waals surface area contributed by atoms with E-state index in [0.717, 1.165) is 11.0 Å². The Hall–Kier alpha value is -1.76. The molecule has 0 N–H and O–H groups in total. The van der Waals surface area contributed by atoms with Crippen LogP contribution in [0.3, 0.4) is 0 Å². The molecule has 0 fully saturated rings. The molecule has 1 aromatic heterocycles. The second kappa shape index (κ2) is 5.53. The van der Waals surface area contributed by atoms with Crippen molar-refractivity contribution >= 4 is 24.8 Å². The van der Waals surface area contributed by atoms with Crippen molar-refractivity contribution in [2.75, 3.05) is 0 Å². The van der Waals surface area contributed by atoms with Gasteiger partial charge in [0, 0.05) is 28.9 Å². The van der Waals surface area contributed by atoms with E-state index in [9.17, 15) is 0 Å². The van der Waals surface area contributed by atoms with Gasteiger partial charge in [-0.15, -0.1) is 0 Å². The maximum atomic E-state index is 4.13. The summed E-state index contributed by atoms with van der Waals surface area (Å²) in [5, 5.41) is 2.19. The van der Waals surface area contributed by atoms with E-state index in [2.05, 4.69) is 49.8 Å². The van der Waals surface area contributed by atoms with E-state index in [1.54, 1.807) is 0 Å². The normalized spacial score (nSPS) is 12.1. The first-order valence-electron chi connectivity index (χ1n) is 5.80. The zero-order valence-corrected chi connectivity index (χ0v) is 11.2. The Morgan fingerprint density at radius 3 is 2.41 bits per heavy atom. The van der Waals surface area contributed by atoms with Crippen LogP contribution in [0.1, 0.15) is 32.0 Å². The summed E-state index contributed by atoms with van der Waals surface area (Å²) in [5.74, 6) is 0. The van der Waals surface area contributed by atoms with Crippen LogP contribution in [0.5, 0.6) is 0 Å². The van der Waals surface area contributed by atoms with Gasteiger partial charge >= 0.3 is 0 Å². The Bertz CT molecular complexity index is 576. The van der Waals surface area contributed by atoms with Crippen molar-refractivity contribution in [2.45, 2.75) is 20.8 Å². The fourth-order valence-electron chi connectivity index (χ4n) is 1.82. The molecule has 17 heavy (non-hydrogen) atoms. The molecular formula is C16H21N. The molecule has 1 heteroatoms. The first-order chi connectivity index (χ1) is 8.02. The molecule has 0 saturated carbocycles. The van der Waals surface area contributed by atoms with E-state index in [-0.39, 0.29) is 0 Å². The van der Waals surface area contributed by atoms with Gasteiger partial charge in [0.15, 0.2) is 0 Å². The number of hydrogen-bond donors (Lipinski definition) is 0. The van der Waals surface area contributed by atoms with Gasteiger partial charge in [-0.3, -0.25) is 0 Å². The SMILES string of the molecule is C=Cc1c(/C=C\C)/c(=C/C=C(C)C)c(=C)n1C. The minimum Gasteiger partial charge on any atom is -0.344 e. The average Bonchev–Trinajstić information content (AvgIpc) is 2.50. The Balaban J connectivity index is 3.71. The molecular weight excluding hydrogens is 206 g/mol. The minimum atomic E-state index is 1.02. The first-order valence-corrected chi connectivity index (χ1v) is 5.80. The number of allylic oxidation sites excluding steroid dienone is 3. The molecule has 0 aliphatic heterocycles. The highest BCUT2D eigenvalue weighted by molar-refractivity contribution is 5.65. The highest BCUT2D eigenvalue weighted by Crippen LogP contribution is 2.06. The zero-order chi connectivity index (χ0) is 13.0. The lowest BCUT2D eigenvalue weighted by atomic mass is 10.1. The van der Waals surface area contributed by atoms with E-state index < -0.39 is 0 Å². The van der Waals surface area contributed by atoms with Crippen molar-refractivity contribution in [3.05, 3.63) is 46.1 Å². The maximum Gasteiger partial charge on any atom is 0.0482 e. The number of rotatable bonds is 3. The molecule has 0 radical (unpaired) electrons. The quantitative estimate of drug-likeness (QED) is 0.748. The monoisotopic (exact) mass is 227 g/mol. The van der Waals surface area contributed by atoms with E-state index in [0.29, 0.717) is 0 Å². The van der Waals surface area contributed by atoms with Gasteiger partial charge in [-0.1, -0.05) is 43.0 Å². The van der Waals surface area contributed by atoms with Gasteiger partial charge in [0.2, 0.25) is 0 Å². The average molecular weight is 227 g/mol. The summed E-state index contributed by atoms with van der Waals surface area (Å²) < 4.78 is 2.08. The summed E-state index contributed by atoms with van der Waals surface area (Å²) in [5.41, 5.74) is 3.58. The lowest BCUT2D eigenvalue weighted by Crippen LogP contribution is -2.26. The summed E-state index contributed by atoms with van der Waals surface area (Å²) in [6.45, 7) is 14.2. The lowest BCUT2D eigenvalue weighted by Gasteiger charge is -1.97. The zero-order valence-electron chi connectivity index (χ0n) is 11.2. The van der Waals surface area contributed by atoms with E-state index in [1.165, 1.54) is 16.4 Å². The third kappa shape index (κ3) is 2.68. The van der Waals surface area contributed by atoms with Crippen LogP contribution in [0.2, 0.25) is 0 Å². The van der Waals surface area contributed by atoms with Crippen molar-refractivity contribution in [3.63, 3.8) is 0 Å². The second-order valence-corrected chi connectivity index (χ2v) is 4.33. The van der Waals surface area contributed by atoms with Gasteiger partial charge in [-0.25, -0.2) is 0 Å². The molecule has 1 rings (SSSR count). The van der Waals surface area contributed by atoms with Crippen molar-refractivity contribution in [1.29, 1.82) is 0 Å². The van der Waals surface area contributed by atoms with Crippen LogP contribution in [-0.2, 0) is 7.05 Å². The molecule has 0 atom stereocenters. The molecule has 0 aromatic carbocycles. The van der Waals surface area contributed by atoms with Crippen LogP contribution in [0.4, 0.5) is 0 Å². The largest absolute Gasteiger partial charge is 0.344 e. The molecule has 1 aromatic rings. The van der Waals surface area contributed by atoms with Gasteiger partial charge in [-0.05, 0) is 26.8 Å². The van der Waals surface area contributed by atoms with Gasteiger partial charge in [0.1, 0.15) is 0 Å². The van der Waals surface area contributed by atoms with Crippen LogP contribution in [-0.4, -0.2) is 4.57 Å². The molecule has 0 aliphatic carbocycles. The molecule has 0 amide bonds. The standard InChI is InChI=1S/C16H21N/c1-7-9-15-14(11-10-12(3)4)13(5)17(6)16(15)8-2/h7-11H,2,5H2,1,3-4,6H3/b9-7-,14-11+. The van der Waals surface area contributed by atoms with Crippen molar-refractivity contribution in [3.8, 4) is 0 Å². The van der Waals surface area contributed by atoms with Crippen molar-refractivity contribution < 1.29 is 0 Å². The molecule has 0 unspecified atom stereocenters. The van der Waals surface area contributed by atoms with Crippen LogP contribution in [0.25, 0.3) is 24.8 Å². The third-order valence-corrected chi connectivity index (χ3v) is 2.75. The summed E-state index contributed by atoms with van der Waals surface area (Å²) in [4.78, 5) is 0. The molecule has 0 saturated heterocycles. The fourth-order valence-corrected chi connectivity index (χ4v) is 1.82. The molecule has 1 nitrogen and oxygen atoms in total. The van der Waals surface area contributed by atoms with Crippen LogP contribution >= 0.6 is 0 Å². The number of aromatic nitrogens is 1. The van der Waals surface area contributed by atoms with Crippen LogP contribution in [0, 0.1) is 0 Å². The predicted molar refractivity (Wildman–Crippen MR) is 78.9 cm³/mol. The fraction of sp³-hybridized carbons (Fsp3) is 0.250. The van der Waals surface area contributed by atoms with Crippen LogP contribution < -0.4 is 10.6 Å². The maximum absolute atomic E-state index is 4.13. The smallest absolute Gasteiger partial charge is 0.0482 e. The van der Waals surface area contributed by atoms with E-state index in [1.807, 2.05) is 26.1 Å². The molecule has 90 valence electrons. The minimum absolute atomic E-state index is 1.02. The Labute approximate surface area is 104 Å². The Kier molecular flexibility index (Phi) is 4.33. The number of hydrogen-bond acceptors (Lipinski definition) is 0. The van der Waals surface area contributed by atoms with E-state index in [4.69, 9.17) is 0 Å². The summed E-state index contributed by atoms with van der Waals surface area (Å²) >= 11 is 0. The molecule has 0 bridgehead atoms. The lowest BCUT2D eigenvalue weighted by molar-refractivity contribution is 0.879. The molecule has 0 spiro atoms. The first kappa shape index (κ1) is 13.3. The van der Waals surface area contributed by atoms with Crippen LogP contribution in [0.15, 0.2) is 24.3 Å². The number of nitrogens with zero attached hydrogens (tertiary/aromatic N) is 1. The Morgan fingerprint density at radius 2 is 1.94 bits per heavy atom. The van der Waals surface area contributed by atoms with E-state index >= 15 is 0 Å². The molecule has 1 heterocycles. The summed E-state index contributed by atoms with van der Waals surface area (Å²) in [6.07, 6.45) is 10.3. The van der Waals surface area contributed by atoms with Crippen molar-refractivity contribution in [2.24, 2.45) is 7.05 Å². The van der Waals surface area contributed by atoms with Crippen molar-refractivity contribution in [1.82, 2.24) is 4.57 Å². The second-order valence-electron chi connectivity index (χ2n) is 4.33. The van der Waals surface area contributed by atoms with Gasteiger partial charge < -0.3 is 4.57 Å². The topological polar surface area (TPSA) is 4.93 Å². The predicted octanol–water partition coefficient (Wildman–Crippen LogP) is 2.86. The highest BCUT2D eigenvalue weighted by Gasteiger charge is 2.05. The van der Waals surface area contributed by atoms with Gasteiger partial charge in [0.25, 0.3) is 0 Å². The van der Waals surface area contributed by atoms with Gasteiger partial charge in [0.05, 0.1) is 0 Å². The highest BCUT2D eigenvalue weighted by atomic mass is 14.9.